The fourth-order valence-corrected chi connectivity index (χ4v) is 1.95. The first kappa shape index (κ1) is 9.93. The van der Waals surface area contributed by atoms with Gasteiger partial charge in [-0.15, -0.1) is 0 Å². The molecule has 1 aliphatic heterocycles. The number of rotatable bonds is 1. The summed E-state index contributed by atoms with van der Waals surface area (Å²) in [6.45, 7) is 1.69. The smallest absolute Gasteiger partial charge is 0.128 e. The standard InChI is InChI=1S/C10H13BrN2O/c11-8-3-4-10(12-6-8)13-5-1-2-9(14)7-13/h3-4,6,9,14H,1-2,5,7H2/t9-/m1/s1. The number of hydrogen-bond donors (Lipinski definition) is 1. The average molecular weight is 257 g/mol. The maximum Gasteiger partial charge on any atom is 0.128 e. The average Bonchev–Trinajstić information content (AvgIpc) is 2.19. The Morgan fingerprint density at radius 2 is 2.36 bits per heavy atom. The normalized spacial score (nSPS) is 22.4. The van der Waals surface area contributed by atoms with E-state index in [1.54, 1.807) is 6.20 Å². The fraction of sp³-hybridized carbons (Fsp3) is 0.500. The highest BCUT2D eigenvalue weighted by molar-refractivity contribution is 9.10. The number of piperidine rings is 1. The van der Waals surface area contributed by atoms with Gasteiger partial charge >= 0.3 is 0 Å². The summed E-state index contributed by atoms with van der Waals surface area (Å²) in [7, 11) is 0. The van der Waals surface area contributed by atoms with Gasteiger partial charge in [-0.1, -0.05) is 0 Å². The van der Waals surface area contributed by atoms with Crippen molar-refractivity contribution in [3.05, 3.63) is 22.8 Å². The quantitative estimate of drug-likeness (QED) is 0.833. The molecule has 0 radical (unpaired) electrons. The highest BCUT2D eigenvalue weighted by atomic mass is 79.9. The molecule has 1 aliphatic rings. The number of β-amino-alcohol motifs (C(OH)–C–C–N with tert-alkyl or cyclic N) is 1. The van der Waals surface area contributed by atoms with Gasteiger partial charge in [-0.3, -0.25) is 0 Å². The second kappa shape index (κ2) is 4.28. The Bertz CT molecular complexity index is 301. The first-order chi connectivity index (χ1) is 6.75. The van der Waals surface area contributed by atoms with Crippen LogP contribution in [0.25, 0.3) is 0 Å². The van der Waals surface area contributed by atoms with Gasteiger partial charge in [0.2, 0.25) is 0 Å². The van der Waals surface area contributed by atoms with Crippen molar-refractivity contribution in [2.45, 2.75) is 18.9 Å². The van der Waals surface area contributed by atoms with Crippen LogP contribution in [0, 0.1) is 0 Å². The summed E-state index contributed by atoms with van der Waals surface area (Å²) in [6.07, 6.45) is 3.54. The molecule has 1 aromatic heterocycles. The van der Waals surface area contributed by atoms with E-state index in [0.29, 0.717) is 6.54 Å². The van der Waals surface area contributed by atoms with Crippen LogP contribution in [0.2, 0.25) is 0 Å². The molecule has 0 unspecified atom stereocenters. The lowest BCUT2D eigenvalue weighted by Gasteiger charge is -2.30. The van der Waals surface area contributed by atoms with Gasteiger partial charge in [0, 0.05) is 23.8 Å². The van der Waals surface area contributed by atoms with Crippen LogP contribution in [0.5, 0.6) is 0 Å². The van der Waals surface area contributed by atoms with E-state index < -0.39 is 0 Å². The highest BCUT2D eigenvalue weighted by Gasteiger charge is 2.18. The molecule has 1 atom stereocenters. The molecule has 2 rings (SSSR count). The lowest BCUT2D eigenvalue weighted by Crippen LogP contribution is -2.38. The summed E-state index contributed by atoms with van der Waals surface area (Å²) in [4.78, 5) is 6.43. The molecule has 14 heavy (non-hydrogen) atoms. The van der Waals surface area contributed by atoms with Crippen molar-refractivity contribution in [2.75, 3.05) is 18.0 Å². The molecule has 1 N–H and O–H groups in total. The largest absolute Gasteiger partial charge is 0.391 e. The summed E-state index contributed by atoms with van der Waals surface area (Å²) >= 11 is 3.35. The molecule has 1 saturated heterocycles. The molecule has 4 heteroatoms. The topological polar surface area (TPSA) is 36.4 Å². The second-order valence-electron chi connectivity index (χ2n) is 3.58. The number of halogens is 1. The molecule has 0 aromatic carbocycles. The highest BCUT2D eigenvalue weighted by Crippen LogP contribution is 2.19. The summed E-state index contributed by atoms with van der Waals surface area (Å²) < 4.78 is 0.985. The zero-order valence-corrected chi connectivity index (χ0v) is 9.44. The maximum absolute atomic E-state index is 9.52. The van der Waals surface area contributed by atoms with Crippen LogP contribution in [0.3, 0.4) is 0 Å². The molecular weight excluding hydrogens is 244 g/mol. The molecule has 1 fully saturated rings. The van der Waals surface area contributed by atoms with Crippen molar-refractivity contribution in [3.8, 4) is 0 Å². The van der Waals surface area contributed by atoms with Crippen LogP contribution in [0.15, 0.2) is 22.8 Å². The van der Waals surface area contributed by atoms with Gasteiger partial charge in [0.1, 0.15) is 5.82 Å². The molecule has 0 bridgehead atoms. The number of aromatic nitrogens is 1. The molecular formula is C10H13BrN2O. The molecule has 3 nitrogen and oxygen atoms in total. The van der Waals surface area contributed by atoms with Gasteiger partial charge in [-0.2, -0.15) is 0 Å². The van der Waals surface area contributed by atoms with Crippen LogP contribution in [-0.4, -0.2) is 29.3 Å². The SMILES string of the molecule is O[C@@H]1CCCN(c2ccc(Br)cn2)C1. The van der Waals surface area contributed by atoms with E-state index in [2.05, 4.69) is 25.8 Å². The Hall–Kier alpha value is -0.610. The minimum Gasteiger partial charge on any atom is -0.391 e. The number of nitrogens with zero attached hydrogens (tertiary/aromatic N) is 2. The van der Waals surface area contributed by atoms with Crippen LogP contribution in [-0.2, 0) is 0 Å². The van der Waals surface area contributed by atoms with Gasteiger partial charge in [0.05, 0.1) is 6.10 Å². The minimum atomic E-state index is -0.200. The Balaban J connectivity index is 2.10. The van der Waals surface area contributed by atoms with E-state index in [1.807, 2.05) is 12.1 Å². The molecule has 0 spiro atoms. The first-order valence-electron chi connectivity index (χ1n) is 4.80. The van der Waals surface area contributed by atoms with Gasteiger partial charge < -0.3 is 10.0 Å². The number of aliphatic hydroxyl groups excluding tert-OH is 1. The van der Waals surface area contributed by atoms with Gasteiger partial charge in [0.25, 0.3) is 0 Å². The number of hydrogen-bond acceptors (Lipinski definition) is 3. The fourth-order valence-electron chi connectivity index (χ4n) is 1.72. The van der Waals surface area contributed by atoms with Crippen molar-refractivity contribution < 1.29 is 5.11 Å². The zero-order chi connectivity index (χ0) is 9.97. The number of aliphatic hydroxyl groups is 1. The van der Waals surface area contributed by atoms with E-state index in [1.165, 1.54) is 0 Å². The summed E-state index contributed by atoms with van der Waals surface area (Å²) in [6, 6.07) is 3.95. The molecule has 0 aliphatic carbocycles. The number of pyridine rings is 1. The maximum atomic E-state index is 9.52. The van der Waals surface area contributed by atoms with E-state index in [4.69, 9.17) is 0 Å². The third kappa shape index (κ3) is 2.25. The van der Waals surface area contributed by atoms with Gasteiger partial charge in [-0.05, 0) is 40.9 Å². The lowest BCUT2D eigenvalue weighted by molar-refractivity contribution is 0.154. The predicted molar refractivity (Wildman–Crippen MR) is 59.4 cm³/mol. The zero-order valence-electron chi connectivity index (χ0n) is 7.86. The summed E-state index contributed by atoms with van der Waals surface area (Å²) in [5.74, 6) is 0.951. The summed E-state index contributed by atoms with van der Waals surface area (Å²) in [5, 5.41) is 9.52. The van der Waals surface area contributed by atoms with Crippen molar-refractivity contribution in [1.29, 1.82) is 0 Å². The minimum absolute atomic E-state index is 0.200. The van der Waals surface area contributed by atoms with E-state index in [0.717, 1.165) is 29.7 Å². The van der Waals surface area contributed by atoms with E-state index in [9.17, 15) is 5.11 Å². The van der Waals surface area contributed by atoms with Crippen molar-refractivity contribution in [1.82, 2.24) is 4.98 Å². The Labute approximate surface area is 91.9 Å². The van der Waals surface area contributed by atoms with Gasteiger partial charge in [-0.25, -0.2) is 4.98 Å². The molecule has 2 heterocycles. The van der Waals surface area contributed by atoms with E-state index >= 15 is 0 Å². The van der Waals surface area contributed by atoms with E-state index in [-0.39, 0.29) is 6.10 Å². The van der Waals surface area contributed by atoms with Crippen LogP contribution >= 0.6 is 15.9 Å². The predicted octanol–water partition coefficient (Wildman–Crippen LogP) is 1.81. The molecule has 76 valence electrons. The molecule has 0 saturated carbocycles. The Morgan fingerprint density at radius 3 is 3.00 bits per heavy atom. The van der Waals surface area contributed by atoms with Crippen molar-refractivity contribution in [2.24, 2.45) is 0 Å². The third-order valence-corrected chi connectivity index (χ3v) is 2.90. The molecule has 1 aromatic rings. The van der Waals surface area contributed by atoms with Gasteiger partial charge in [0.15, 0.2) is 0 Å². The van der Waals surface area contributed by atoms with Crippen LogP contribution in [0.4, 0.5) is 5.82 Å². The first-order valence-corrected chi connectivity index (χ1v) is 5.59. The van der Waals surface area contributed by atoms with Crippen LogP contribution < -0.4 is 4.90 Å². The van der Waals surface area contributed by atoms with Crippen molar-refractivity contribution in [3.63, 3.8) is 0 Å². The molecule has 0 amide bonds. The summed E-state index contributed by atoms with van der Waals surface area (Å²) in [5.41, 5.74) is 0. The monoisotopic (exact) mass is 256 g/mol. The number of anilines is 1. The second-order valence-corrected chi connectivity index (χ2v) is 4.49. The Morgan fingerprint density at radius 1 is 1.50 bits per heavy atom. The van der Waals surface area contributed by atoms with Crippen molar-refractivity contribution >= 4 is 21.7 Å². The van der Waals surface area contributed by atoms with Crippen LogP contribution in [0.1, 0.15) is 12.8 Å². The lowest BCUT2D eigenvalue weighted by atomic mass is 10.1. The third-order valence-electron chi connectivity index (χ3n) is 2.43. The Kier molecular flexibility index (Phi) is 3.03.